The van der Waals surface area contributed by atoms with Gasteiger partial charge in [-0.1, -0.05) is 17.7 Å². The minimum absolute atomic E-state index is 0.273. The second-order valence-electron chi connectivity index (χ2n) is 4.31. The van der Waals surface area contributed by atoms with Crippen LogP contribution in [0.3, 0.4) is 0 Å². The average molecular weight is 276 g/mol. The molecule has 0 aliphatic carbocycles. The third-order valence-electron chi connectivity index (χ3n) is 2.85. The maximum absolute atomic E-state index is 12.2. The highest BCUT2D eigenvalue weighted by molar-refractivity contribution is 6.33. The van der Waals surface area contributed by atoms with Crippen molar-refractivity contribution >= 4 is 29.0 Å². The van der Waals surface area contributed by atoms with Crippen LogP contribution in [0.15, 0.2) is 30.5 Å². The van der Waals surface area contributed by atoms with Crippen LogP contribution in [0.2, 0.25) is 5.02 Å². The summed E-state index contributed by atoms with van der Waals surface area (Å²) in [6, 6.07) is 6.91. The smallest absolute Gasteiger partial charge is 0.257 e. The van der Waals surface area contributed by atoms with Crippen molar-refractivity contribution in [2.24, 2.45) is 0 Å². The fourth-order valence-corrected chi connectivity index (χ4v) is 1.93. The van der Waals surface area contributed by atoms with Crippen LogP contribution in [0.25, 0.3) is 0 Å². The lowest BCUT2D eigenvalue weighted by molar-refractivity contribution is 0.102. The van der Waals surface area contributed by atoms with Crippen molar-refractivity contribution in [1.29, 1.82) is 0 Å². The fraction of sp³-hybridized carbons (Fsp3) is 0.143. The first-order valence-electron chi connectivity index (χ1n) is 5.77. The van der Waals surface area contributed by atoms with E-state index in [1.54, 1.807) is 24.4 Å². The lowest BCUT2D eigenvalue weighted by Gasteiger charge is -2.10. The van der Waals surface area contributed by atoms with Crippen molar-refractivity contribution in [3.8, 4) is 0 Å². The highest BCUT2D eigenvalue weighted by atomic mass is 35.5. The number of anilines is 2. The number of aromatic nitrogens is 1. The summed E-state index contributed by atoms with van der Waals surface area (Å²) in [5.41, 5.74) is 8.74. The summed E-state index contributed by atoms with van der Waals surface area (Å²) in [6.45, 7) is 3.76. The number of carbonyl (C=O) groups excluding carboxylic acids is 1. The topological polar surface area (TPSA) is 68.0 Å². The zero-order chi connectivity index (χ0) is 14.0. The predicted molar refractivity (Wildman–Crippen MR) is 77.5 cm³/mol. The Kier molecular flexibility index (Phi) is 3.71. The number of benzene rings is 1. The summed E-state index contributed by atoms with van der Waals surface area (Å²) in [7, 11) is 0. The Hall–Kier alpha value is -2.07. The minimum atomic E-state index is -0.273. The normalized spacial score (nSPS) is 10.3. The second-order valence-corrected chi connectivity index (χ2v) is 4.72. The van der Waals surface area contributed by atoms with Crippen molar-refractivity contribution in [3.63, 3.8) is 0 Å². The summed E-state index contributed by atoms with van der Waals surface area (Å²) in [4.78, 5) is 16.2. The van der Waals surface area contributed by atoms with Gasteiger partial charge in [-0.25, -0.2) is 4.98 Å². The fourth-order valence-electron chi connectivity index (χ4n) is 1.77. The molecular formula is C14H14ClN3O. The van der Waals surface area contributed by atoms with Gasteiger partial charge in [-0.05, 0) is 43.2 Å². The number of rotatable bonds is 2. The molecule has 1 aromatic carbocycles. The maximum atomic E-state index is 12.2. The number of nitrogens with one attached hydrogen (secondary N) is 1. The van der Waals surface area contributed by atoms with E-state index >= 15 is 0 Å². The zero-order valence-electron chi connectivity index (χ0n) is 10.7. The van der Waals surface area contributed by atoms with Crippen molar-refractivity contribution < 1.29 is 4.79 Å². The van der Waals surface area contributed by atoms with Crippen LogP contribution in [0.5, 0.6) is 0 Å². The van der Waals surface area contributed by atoms with Crippen molar-refractivity contribution in [2.45, 2.75) is 13.8 Å². The molecule has 1 amide bonds. The summed E-state index contributed by atoms with van der Waals surface area (Å²) in [5, 5.41) is 3.07. The van der Waals surface area contributed by atoms with Crippen molar-refractivity contribution in [1.82, 2.24) is 4.98 Å². The Balaban J connectivity index is 2.31. The predicted octanol–water partition coefficient (Wildman–Crippen LogP) is 3.19. The van der Waals surface area contributed by atoms with E-state index in [9.17, 15) is 4.79 Å². The van der Waals surface area contributed by atoms with Crippen molar-refractivity contribution in [2.75, 3.05) is 11.1 Å². The quantitative estimate of drug-likeness (QED) is 0.827. The van der Waals surface area contributed by atoms with Gasteiger partial charge in [0.15, 0.2) is 5.82 Å². The molecule has 4 nitrogen and oxygen atoms in total. The largest absolute Gasteiger partial charge is 0.398 e. The molecule has 0 aliphatic heterocycles. The van der Waals surface area contributed by atoms with Gasteiger partial charge in [0.05, 0.1) is 5.02 Å². The van der Waals surface area contributed by atoms with Crippen LogP contribution in [0.4, 0.5) is 11.5 Å². The van der Waals surface area contributed by atoms with E-state index < -0.39 is 0 Å². The molecular weight excluding hydrogens is 262 g/mol. The molecule has 2 aromatic rings. The molecule has 3 N–H and O–H groups in total. The Labute approximate surface area is 116 Å². The van der Waals surface area contributed by atoms with Crippen molar-refractivity contribution in [3.05, 3.63) is 52.2 Å². The van der Waals surface area contributed by atoms with Crippen LogP contribution in [-0.4, -0.2) is 10.9 Å². The third kappa shape index (κ3) is 2.85. The van der Waals surface area contributed by atoms with Gasteiger partial charge in [-0.15, -0.1) is 0 Å². The maximum Gasteiger partial charge on any atom is 0.257 e. The van der Waals surface area contributed by atoms with E-state index in [1.165, 1.54) is 0 Å². The number of halogens is 1. The van der Waals surface area contributed by atoms with E-state index in [0.29, 0.717) is 22.1 Å². The Morgan fingerprint density at radius 2 is 2.05 bits per heavy atom. The monoisotopic (exact) mass is 275 g/mol. The van der Waals surface area contributed by atoms with Gasteiger partial charge >= 0.3 is 0 Å². The number of nitrogens with zero attached hydrogens (tertiary/aromatic N) is 1. The highest BCUT2D eigenvalue weighted by Crippen LogP contribution is 2.21. The van der Waals surface area contributed by atoms with Crippen LogP contribution in [0.1, 0.15) is 21.5 Å². The van der Waals surface area contributed by atoms with E-state index in [1.807, 2.05) is 19.9 Å². The van der Waals surface area contributed by atoms with E-state index in [4.69, 9.17) is 17.3 Å². The minimum Gasteiger partial charge on any atom is -0.398 e. The number of amides is 1. The summed E-state index contributed by atoms with van der Waals surface area (Å²) in [5.74, 6) is 0.0671. The summed E-state index contributed by atoms with van der Waals surface area (Å²) < 4.78 is 0. The third-order valence-corrected chi connectivity index (χ3v) is 3.15. The second kappa shape index (κ2) is 5.28. The first-order valence-corrected chi connectivity index (χ1v) is 6.15. The first-order chi connectivity index (χ1) is 8.99. The summed E-state index contributed by atoms with van der Waals surface area (Å²) in [6.07, 6.45) is 1.57. The number of nitrogens with two attached hydrogens (primary N) is 1. The number of carbonyl (C=O) groups is 1. The molecule has 98 valence electrons. The number of hydrogen-bond acceptors (Lipinski definition) is 3. The molecule has 0 bridgehead atoms. The zero-order valence-corrected chi connectivity index (χ0v) is 11.5. The SMILES string of the molecule is Cc1cc(C)c(C(=O)Nc2ncccc2Cl)cc1N. The Bertz CT molecular complexity index is 641. The number of hydrogen-bond donors (Lipinski definition) is 2. The van der Waals surface area contributed by atoms with Crippen LogP contribution >= 0.6 is 11.6 Å². The van der Waals surface area contributed by atoms with Crippen LogP contribution < -0.4 is 11.1 Å². The lowest BCUT2D eigenvalue weighted by Crippen LogP contribution is -2.15. The highest BCUT2D eigenvalue weighted by Gasteiger charge is 2.13. The van der Waals surface area contributed by atoms with Gasteiger partial charge in [-0.3, -0.25) is 4.79 Å². The summed E-state index contributed by atoms with van der Waals surface area (Å²) >= 11 is 5.95. The van der Waals surface area contributed by atoms with Crippen LogP contribution in [-0.2, 0) is 0 Å². The molecule has 2 rings (SSSR count). The standard InChI is InChI=1S/C14H14ClN3O/c1-8-6-9(2)12(16)7-10(8)14(19)18-13-11(15)4-3-5-17-13/h3-7H,16H2,1-2H3,(H,17,18,19). The number of nitrogen functional groups attached to an aromatic ring is 1. The molecule has 0 spiro atoms. The molecule has 0 aliphatic rings. The van der Waals surface area contributed by atoms with Gasteiger partial charge in [0.2, 0.25) is 0 Å². The molecule has 0 saturated heterocycles. The van der Waals surface area contributed by atoms with Gasteiger partial charge in [0.25, 0.3) is 5.91 Å². The number of aryl methyl sites for hydroxylation is 2. The van der Waals surface area contributed by atoms with Gasteiger partial charge in [0, 0.05) is 17.4 Å². The molecule has 0 unspecified atom stereocenters. The lowest BCUT2D eigenvalue weighted by atomic mass is 10.0. The Morgan fingerprint density at radius 1 is 1.32 bits per heavy atom. The van der Waals surface area contributed by atoms with Gasteiger partial charge in [-0.2, -0.15) is 0 Å². The molecule has 1 aromatic heterocycles. The molecule has 0 saturated carbocycles. The molecule has 0 atom stereocenters. The van der Waals surface area contributed by atoms with Gasteiger partial charge < -0.3 is 11.1 Å². The molecule has 19 heavy (non-hydrogen) atoms. The van der Waals surface area contributed by atoms with Crippen LogP contribution in [0, 0.1) is 13.8 Å². The van der Waals surface area contributed by atoms with E-state index in [2.05, 4.69) is 10.3 Å². The Morgan fingerprint density at radius 3 is 2.74 bits per heavy atom. The molecule has 1 heterocycles. The number of pyridine rings is 1. The van der Waals surface area contributed by atoms with E-state index in [0.717, 1.165) is 11.1 Å². The molecule has 0 fully saturated rings. The molecule has 0 radical (unpaired) electrons. The first kappa shape index (κ1) is 13.4. The van der Waals surface area contributed by atoms with Gasteiger partial charge in [0.1, 0.15) is 0 Å². The average Bonchev–Trinajstić information content (AvgIpc) is 2.36. The molecule has 5 heteroatoms. The van der Waals surface area contributed by atoms with E-state index in [-0.39, 0.29) is 5.91 Å².